The fourth-order valence-electron chi connectivity index (χ4n) is 2.99. The lowest BCUT2D eigenvalue weighted by Crippen LogP contribution is -2.02. The number of carboxylic acids is 1. The number of carbonyl (C=O) groups is 1. The largest absolute Gasteiger partial charge is 0.478 e. The molecule has 1 N–H and O–H groups in total. The molecule has 0 spiro atoms. The molecule has 110 valence electrons. The van der Waals surface area contributed by atoms with Crippen molar-refractivity contribution < 1.29 is 9.90 Å². The Balaban J connectivity index is 2.37. The monoisotopic (exact) mass is 291 g/mol. The molecule has 0 aliphatic carbocycles. The van der Waals surface area contributed by atoms with Gasteiger partial charge in [-0.25, -0.2) is 4.79 Å². The lowest BCUT2D eigenvalue weighted by Gasteiger charge is -2.12. The molecule has 0 atom stereocenters. The van der Waals surface area contributed by atoms with Crippen molar-refractivity contribution >= 4 is 5.97 Å². The van der Waals surface area contributed by atoms with Crippen LogP contribution in [0.5, 0.6) is 0 Å². The number of para-hydroxylation sites is 1. The van der Waals surface area contributed by atoms with E-state index in [1.165, 1.54) is 0 Å². The van der Waals surface area contributed by atoms with E-state index < -0.39 is 5.97 Å². The Morgan fingerprint density at radius 1 is 0.909 bits per heavy atom. The van der Waals surface area contributed by atoms with Crippen molar-refractivity contribution in [3.63, 3.8) is 0 Å². The minimum Gasteiger partial charge on any atom is -0.478 e. The maximum atomic E-state index is 11.7. The van der Waals surface area contributed by atoms with Crippen LogP contribution in [0, 0.1) is 13.8 Å². The summed E-state index contributed by atoms with van der Waals surface area (Å²) in [6, 6.07) is 19.8. The minimum atomic E-state index is -0.887. The van der Waals surface area contributed by atoms with E-state index in [-0.39, 0.29) is 0 Å². The third-order valence-corrected chi connectivity index (χ3v) is 3.93. The highest BCUT2D eigenvalue weighted by molar-refractivity contribution is 5.94. The van der Waals surface area contributed by atoms with Gasteiger partial charge in [-0.2, -0.15) is 0 Å². The van der Waals surface area contributed by atoms with Gasteiger partial charge in [0, 0.05) is 11.4 Å². The molecule has 0 bridgehead atoms. The first-order valence-electron chi connectivity index (χ1n) is 7.17. The molecular formula is C19H17NO2. The van der Waals surface area contributed by atoms with Crippen molar-refractivity contribution in [3.05, 3.63) is 77.5 Å². The van der Waals surface area contributed by atoms with E-state index in [9.17, 15) is 9.90 Å². The number of benzene rings is 2. The number of aromatic nitrogens is 1. The second-order valence-corrected chi connectivity index (χ2v) is 5.28. The van der Waals surface area contributed by atoms with Crippen LogP contribution < -0.4 is 0 Å². The number of nitrogens with zero attached hydrogens (tertiary/aromatic N) is 1. The molecule has 3 rings (SSSR count). The molecule has 3 heteroatoms. The van der Waals surface area contributed by atoms with Crippen LogP contribution in [-0.4, -0.2) is 15.6 Å². The second kappa shape index (κ2) is 5.53. The summed E-state index contributed by atoms with van der Waals surface area (Å²) in [5, 5.41) is 9.56. The van der Waals surface area contributed by atoms with Crippen molar-refractivity contribution in [1.29, 1.82) is 0 Å². The van der Waals surface area contributed by atoms with Crippen molar-refractivity contribution in [1.82, 2.24) is 4.57 Å². The lowest BCUT2D eigenvalue weighted by atomic mass is 10.1. The molecule has 0 aliphatic heterocycles. The summed E-state index contributed by atoms with van der Waals surface area (Å²) in [5.41, 5.74) is 4.83. The van der Waals surface area contributed by atoms with Crippen LogP contribution in [0.15, 0.2) is 60.7 Å². The van der Waals surface area contributed by atoms with E-state index in [0.29, 0.717) is 5.56 Å². The van der Waals surface area contributed by atoms with Gasteiger partial charge in [-0.1, -0.05) is 48.5 Å². The zero-order valence-electron chi connectivity index (χ0n) is 12.6. The van der Waals surface area contributed by atoms with Crippen LogP contribution in [0.1, 0.15) is 21.6 Å². The lowest BCUT2D eigenvalue weighted by molar-refractivity contribution is 0.0695. The van der Waals surface area contributed by atoms with Gasteiger partial charge in [-0.05, 0) is 37.1 Å². The Labute approximate surface area is 129 Å². The van der Waals surface area contributed by atoms with Crippen LogP contribution in [0.2, 0.25) is 0 Å². The normalized spacial score (nSPS) is 10.6. The summed E-state index contributed by atoms with van der Waals surface area (Å²) < 4.78 is 2.02. The van der Waals surface area contributed by atoms with E-state index >= 15 is 0 Å². The zero-order valence-corrected chi connectivity index (χ0v) is 12.6. The maximum Gasteiger partial charge on any atom is 0.337 e. The van der Waals surface area contributed by atoms with Crippen LogP contribution in [-0.2, 0) is 0 Å². The fourth-order valence-corrected chi connectivity index (χ4v) is 2.99. The van der Waals surface area contributed by atoms with Gasteiger partial charge >= 0.3 is 5.97 Å². The van der Waals surface area contributed by atoms with Crippen LogP contribution >= 0.6 is 0 Å². The third-order valence-electron chi connectivity index (χ3n) is 3.93. The maximum absolute atomic E-state index is 11.7. The molecule has 1 heterocycles. The van der Waals surface area contributed by atoms with Gasteiger partial charge in [-0.15, -0.1) is 0 Å². The van der Waals surface area contributed by atoms with Crippen LogP contribution in [0.4, 0.5) is 0 Å². The van der Waals surface area contributed by atoms with Gasteiger partial charge < -0.3 is 9.67 Å². The Kier molecular flexibility index (Phi) is 3.55. The topological polar surface area (TPSA) is 42.2 Å². The first kappa shape index (κ1) is 14.1. The van der Waals surface area contributed by atoms with Crippen LogP contribution in [0.3, 0.4) is 0 Å². The number of hydrogen-bond acceptors (Lipinski definition) is 1. The predicted molar refractivity (Wildman–Crippen MR) is 87.6 cm³/mol. The van der Waals surface area contributed by atoms with E-state index in [2.05, 4.69) is 0 Å². The van der Waals surface area contributed by atoms with Crippen molar-refractivity contribution in [2.75, 3.05) is 0 Å². The highest BCUT2D eigenvalue weighted by Crippen LogP contribution is 2.33. The molecule has 1 aromatic heterocycles. The quantitative estimate of drug-likeness (QED) is 0.774. The highest BCUT2D eigenvalue weighted by Gasteiger charge is 2.23. The Bertz CT molecular complexity index is 755. The van der Waals surface area contributed by atoms with E-state index in [4.69, 9.17) is 0 Å². The zero-order chi connectivity index (χ0) is 15.7. The van der Waals surface area contributed by atoms with Gasteiger partial charge in [0.2, 0.25) is 0 Å². The second-order valence-electron chi connectivity index (χ2n) is 5.28. The van der Waals surface area contributed by atoms with Gasteiger partial charge in [0.05, 0.1) is 11.3 Å². The third kappa shape index (κ3) is 2.21. The standard InChI is InChI=1S/C19H17NO2/c1-13-17(19(21)22)14(2)20(16-11-7-4-8-12-16)18(13)15-9-5-3-6-10-15/h3-12H,1-2H3,(H,21,22). The summed E-state index contributed by atoms with van der Waals surface area (Å²) >= 11 is 0. The van der Waals surface area contributed by atoms with E-state index in [1.807, 2.05) is 79.1 Å². The molecule has 0 saturated carbocycles. The first-order chi connectivity index (χ1) is 10.6. The molecule has 3 nitrogen and oxygen atoms in total. The SMILES string of the molecule is Cc1c(C(=O)O)c(C)n(-c2ccccc2)c1-c1ccccc1. The molecule has 22 heavy (non-hydrogen) atoms. The average Bonchev–Trinajstić information content (AvgIpc) is 2.80. The Hall–Kier alpha value is -2.81. The minimum absolute atomic E-state index is 0.378. The van der Waals surface area contributed by atoms with Gasteiger partial charge in [-0.3, -0.25) is 0 Å². The van der Waals surface area contributed by atoms with E-state index in [0.717, 1.165) is 28.2 Å². The van der Waals surface area contributed by atoms with E-state index in [1.54, 1.807) is 0 Å². The number of aromatic carboxylic acids is 1. The number of hydrogen-bond donors (Lipinski definition) is 1. The summed E-state index contributed by atoms with van der Waals surface area (Å²) in [4.78, 5) is 11.7. The average molecular weight is 291 g/mol. The summed E-state index contributed by atoms with van der Waals surface area (Å²) in [5.74, 6) is -0.887. The molecule has 0 fully saturated rings. The van der Waals surface area contributed by atoms with Crippen LogP contribution in [0.25, 0.3) is 16.9 Å². The smallest absolute Gasteiger partial charge is 0.337 e. The number of rotatable bonds is 3. The highest BCUT2D eigenvalue weighted by atomic mass is 16.4. The summed E-state index contributed by atoms with van der Waals surface area (Å²) in [6.07, 6.45) is 0. The summed E-state index contributed by atoms with van der Waals surface area (Å²) in [6.45, 7) is 3.73. The Morgan fingerprint density at radius 2 is 1.45 bits per heavy atom. The number of carboxylic acid groups (broad SMARTS) is 1. The fraction of sp³-hybridized carbons (Fsp3) is 0.105. The van der Waals surface area contributed by atoms with Crippen molar-refractivity contribution in [3.8, 4) is 16.9 Å². The molecule has 0 saturated heterocycles. The molecule has 3 aromatic rings. The van der Waals surface area contributed by atoms with Gasteiger partial charge in [0.25, 0.3) is 0 Å². The molecular weight excluding hydrogens is 274 g/mol. The molecule has 0 unspecified atom stereocenters. The molecule has 0 radical (unpaired) electrons. The predicted octanol–water partition coefficient (Wildman–Crippen LogP) is 4.46. The Morgan fingerprint density at radius 3 is 2.00 bits per heavy atom. The van der Waals surface area contributed by atoms with Gasteiger partial charge in [0.1, 0.15) is 0 Å². The van der Waals surface area contributed by atoms with Gasteiger partial charge in [0.15, 0.2) is 0 Å². The first-order valence-corrected chi connectivity index (χ1v) is 7.17. The van der Waals surface area contributed by atoms with Crippen molar-refractivity contribution in [2.24, 2.45) is 0 Å². The summed E-state index contributed by atoms with van der Waals surface area (Å²) in [7, 11) is 0. The molecule has 0 aliphatic rings. The molecule has 0 amide bonds. The van der Waals surface area contributed by atoms with Crippen molar-refractivity contribution in [2.45, 2.75) is 13.8 Å². The molecule has 2 aromatic carbocycles.